The highest BCUT2D eigenvalue weighted by Crippen LogP contribution is 2.27. The van der Waals surface area contributed by atoms with E-state index < -0.39 is 10.0 Å². The molecule has 0 bridgehead atoms. The number of likely N-dealkylation sites (tertiary alicyclic amines) is 1. The fourth-order valence-electron chi connectivity index (χ4n) is 3.10. The summed E-state index contributed by atoms with van der Waals surface area (Å²) in [5.74, 6) is 1.74. The molecule has 2 heterocycles. The molecule has 2 aromatic rings. The van der Waals surface area contributed by atoms with Gasteiger partial charge in [-0.05, 0) is 62.2 Å². The van der Waals surface area contributed by atoms with Crippen molar-refractivity contribution < 1.29 is 17.6 Å². The Balaban J connectivity index is 1.50. The van der Waals surface area contributed by atoms with Crippen molar-refractivity contribution in [1.29, 1.82) is 0 Å². The predicted octanol–water partition coefficient (Wildman–Crippen LogP) is 3.13. The van der Waals surface area contributed by atoms with Gasteiger partial charge in [-0.3, -0.25) is 4.90 Å². The quantitative estimate of drug-likeness (QED) is 0.775. The van der Waals surface area contributed by atoms with Crippen LogP contribution in [-0.2, 0) is 16.6 Å². The largest absolute Gasteiger partial charge is 0.495 e. The third kappa shape index (κ3) is 4.79. The van der Waals surface area contributed by atoms with Crippen LogP contribution in [0.25, 0.3) is 0 Å². The summed E-state index contributed by atoms with van der Waals surface area (Å²) in [6, 6.07) is 8.33. The zero-order valence-corrected chi connectivity index (χ0v) is 16.2. The molecule has 0 saturated carbocycles. The average molecular weight is 399 g/mol. The van der Waals surface area contributed by atoms with Gasteiger partial charge in [0.15, 0.2) is 0 Å². The third-order valence-corrected chi connectivity index (χ3v) is 6.38. The van der Waals surface area contributed by atoms with Crippen molar-refractivity contribution >= 4 is 21.6 Å². The van der Waals surface area contributed by atoms with Crippen molar-refractivity contribution in [2.75, 3.05) is 26.7 Å². The van der Waals surface area contributed by atoms with Crippen LogP contribution in [0, 0.1) is 5.92 Å². The lowest BCUT2D eigenvalue weighted by molar-refractivity contribution is 0.168. The summed E-state index contributed by atoms with van der Waals surface area (Å²) in [5.41, 5.74) is 0. The van der Waals surface area contributed by atoms with E-state index in [2.05, 4.69) is 9.62 Å². The van der Waals surface area contributed by atoms with Gasteiger partial charge in [-0.2, -0.15) is 0 Å². The van der Waals surface area contributed by atoms with Crippen LogP contribution >= 0.6 is 11.6 Å². The fourth-order valence-corrected chi connectivity index (χ4v) is 4.56. The predicted molar refractivity (Wildman–Crippen MR) is 99.9 cm³/mol. The van der Waals surface area contributed by atoms with Gasteiger partial charge in [-0.25, -0.2) is 13.1 Å². The highest BCUT2D eigenvalue weighted by molar-refractivity contribution is 7.89. The zero-order chi connectivity index (χ0) is 18.6. The number of nitrogens with one attached hydrogen (secondary N) is 1. The molecule has 1 fully saturated rings. The summed E-state index contributed by atoms with van der Waals surface area (Å²) in [4.78, 5) is 2.48. The second-order valence-corrected chi connectivity index (χ2v) is 8.62. The number of halogens is 1. The van der Waals surface area contributed by atoms with Crippen molar-refractivity contribution in [3.63, 3.8) is 0 Å². The normalized spacial score (nSPS) is 16.7. The van der Waals surface area contributed by atoms with Crippen LogP contribution < -0.4 is 9.46 Å². The summed E-state index contributed by atoms with van der Waals surface area (Å²) in [7, 11) is -2.09. The molecule has 8 heteroatoms. The van der Waals surface area contributed by atoms with Crippen molar-refractivity contribution in [1.82, 2.24) is 9.62 Å². The molecule has 0 spiro atoms. The molecule has 26 heavy (non-hydrogen) atoms. The van der Waals surface area contributed by atoms with Crippen molar-refractivity contribution in [2.24, 2.45) is 5.92 Å². The van der Waals surface area contributed by atoms with Gasteiger partial charge in [0.1, 0.15) is 11.5 Å². The van der Waals surface area contributed by atoms with E-state index in [1.165, 1.54) is 19.2 Å². The lowest BCUT2D eigenvalue weighted by atomic mass is 9.97. The lowest BCUT2D eigenvalue weighted by Gasteiger charge is -2.31. The molecule has 1 aliphatic rings. The molecule has 3 rings (SSSR count). The fraction of sp³-hybridized carbons (Fsp3) is 0.444. The summed E-state index contributed by atoms with van der Waals surface area (Å²) in [6.07, 6.45) is 3.58. The number of piperidine rings is 1. The van der Waals surface area contributed by atoms with Gasteiger partial charge in [0.25, 0.3) is 0 Å². The SMILES string of the molecule is COc1ccc(S(=O)(=O)NCC2CCN(Cc3ccco3)CC2)cc1Cl. The minimum absolute atomic E-state index is 0.151. The molecule has 0 aliphatic carbocycles. The second kappa shape index (κ2) is 8.43. The summed E-state index contributed by atoms with van der Waals surface area (Å²) in [6.45, 7) is 3.10. The maximum atomic E-state index is 12.5. The van der Waals surface area contributed by atoms with Crippen LogP contribution in [0.4, 0.5) is 0 Å². The van der Waals surface area contributed by atoms with E-state index in [9.17, 15) is 8.42 Å². The van der Waals surface area contributed by atoms with Gasteiger partial charge < -0.3 is 9.15 Å². The smallest absolute Gasteiger partial charge is 0.240 e. The molecule has 1 N–H and O–H groups in total. The highest BCUT2D eigenvalue weighted by Gasteiger charge is 2.23. The molecule has 1 aromatic heterocycles. The van der Waals surface area contributed by atoms with Crippen LogP contribution in [0.1, 0.15) is 18.6 Å². The molecule has 6 nitrogen and oxygen atoms in total. The molecule has 1 saturated heterocycles. The highest BCUT2D eigenvalue weighted by atomic mass is 35.5. The average Bonchev–Trinajstić information content (AvgIpc) is 3.14. The first-order valence-corrected chi connectivity index (χ1v) is 10.4. The number of furan rings is 1. The van der Waals surface area contributed by atoms with Crippen molar-refractivity contribution in [2.45, 2.75) is 24.3 Å². The molecular weight excluding hydrogens is 376 g/mol. The first-order chi connectivity index (χ1) is 12.5. The minimum atomic E-state index is -3.58. The Morgan fingerprint density at radius 3 is 2.69 bits per heavy atom. The van der Waals surface area contributed by atoms with E-state index in [0.717, 1.165) is 38.2 Å². The van der Waals surface area contributed by atoms with E-state index in [4.69, 9.17) is 20.8 Å². The number of nitrogens with zero attached hydrogens (tertiary/aromatic N) is 1. The topological polar surface area (TPSA) is 71.8 Å². The van der Waals surface area contributed by atoms with Crippen LogP contribution in [0.15, 0.2) is 45.9 Å². The number of rotatable bonds is 7. The van der Waals surface area contributed by atoms with Gasteiger partial charge >= 0.3 is 0 Å². The van der Waals surface area contributed by atoms with E-state index in [1.807, 2.05) is 12.1 Å². The van der Waals surface area contributed by atoms with Gasteiger partial charge in [0.2, 0.25) is 10.0 Å². The zero-order valence-electron chi connectivity index (χ0n) is 14.7. The van der Waals surface area contributed by atoms with Gasteiger partial charge in [0.05, 0.1) is 29.8 Å². The number of sulfonamides is 1. The minimum Gasteiger partial charge on any atom is -0.495 e. The van der Waals surface area contributed by atoms with Crippen molar-refractivity contribution in [3.8, 4) is 5.75 Å². The van der Waals surface area contributed by atoms with Crippen LogP contribution in [0.5, 0.6) is 5.75 Å². The first-order valence-electron chi connectivity index (χ1n) is 8.56. The molecule has 0 atom stereocenters. The standard InChI is InChI=1S/C18H23ClN2O4S/c1-24-18-5-4-16(11-17(18)19)26(22,23)20-12-14-6-8-21(9-7-14)13-15-3-2-10-25-15/h2-5,10-11,14,20H,6-9,12-13H2,1H3. The van der Waals surface area contributed by atoms with E-state index in [1.54, 1.807) is 12.3 Å². The Morgan fingerprint density at radius 2 is 2.08 bits per heavy atom. The maximum Gasteiger partial charge on any atom is 0.240 e. The Labute approximate surface area is 159 Å². The number of benzene rings is 1. The molecule has 1 aliphatic heterocycles. The molecule has 1 aromatic carbocycles. The van der Waals surface area contributed by atoms with E-state index >= 15 is 0 Å². The number of hydrogen-bond acceptors (Lipinski definition) is 5. The van der Waals surface area contributed by atoms with E-state index in [0.29, 0.717) is 18.2 Å². The number of methoxy groups -OCH3 is 1. The van der Waals surface area contributed by atoms with Gasteiger partial charge in [0, 0.05) is 6.54 Å². The second-order valence-electron chi connectivity index (χ2n) is 6.45. The monoisotopic (exact) mass is 398 g/mol. The van der Waals surface area contributed by atoms with Crippen LogP contribution in [0.3, 0.4) is 0 Å². The van der Waals surface area contributed by atoms with Crippen LogP contribution in [-0.4, -0.2) is 40.1 Å². The third-order valence-electron chi connectivity index (χ3n) is 4.66. The van der Waals surface area contributed by atoms with Crippen molar-refractivity contribution in [3.05, 3.63) is 47.4 Å². The Kier molecular flexibility index (Phi) is 6.24. The first kappa shape index (κ1) is 19.2. The molecule has 0 amide bonds. The summed E-state index contributed by atoms with van der Waals surface area (Å²) in [5, 5.41) is 0.279. The molecule has 0 radical (unpaired) electrons. The lowest BCUT2D eigenvalue weighted by Crippen LogP contribution is -2.38. The Morgan fingerprint density at radius 1 is 1.31 bits per heavy atom. The molecule has 0 unspecified atom stereocenters. The maximum absolute atomic E-state index is 12.5. The summed E-state index contributed by atoms with van der Waals surface area (Å²) >= 11 is 6.03. The Hall–Kier alpha value is -1.54. The summed E-state index contributed by atoms with van der Waals surface area (Å²) < 4.78 is 38.1. The number of ether oxygens (including phenoxy) is 1. The molecular formula is C18H23ClN2O4S. The Bertz CT molecular complexity index is 816. The van der Waals surface area contributed by atoms with Crippen LogP contribution in [0.2, 0.25) is 5.02 Å². The number of hydrogen-bond donors (Lipinski definition) is 1. The van der Waals surface area contributed by atoms with E-state index in [-0.39, 0.29) is 9.92 Å². The molecule has 142 valence electrons. The van der Waals surface area contributed by atoms with Gasteiger partial charge in [-0.1, -0.05) is 11.6 Å². The van der Waals surface area contributed by atoms with Gasteiger partial charge in [-0.15, -0.1) is 0 Å².